The van der Waals surface area contributed by atoms with Crippen molar-refractivity contribution in [2.45, 2.75) is 44.9 Å². The number of benzene rings is 1. The molecule has 1 saturated heterocycles. The van der Waals surface area contributed by atoms with Gasteiger partial charge in [-0.05, 0) is 56.2 Å². The summed E-state index contributed by atoms with van der Waals surface area (Å²) in [6.07, 6.45) is 3.72. The van der Waals surface area contributed by atoms with Crippen LogP contribution in [0.5, 0.6) is 0 Å². The number of hydrogen-bond acceptors (Lipinski definition) is 7. The number of ether oxygens (including phenoxy) is 1. The van der Waals surface area contributed by atoms with Crippen LogP contribution in [0.4, 0.5) is 24.8 Å². The molecule has 11 heteroatoms. The maximum Gasteiger partial charge on any atom is 0.242 e. The summed E-state index contributed by atoms with van der Waals surface area (Å²) in [5.41, 5.74) is 1.90. The van der Waals surface area contributed by atoms with Crippen LogP contribution in [-0.2, 0) is 11.3 Å². The van der Waals surface area contributed by atoms with Crippen LogP contribution in [-0.4, -0.2) is 50.7 Å². The van der Waals surface area contributed by atoms with E-state index < -0.39 is 23.6 Å². The van der Waals surface area contributed by atoms with E-state index in [1.54, 1.807) is 4.68 Å². The summed E-state index contributed by atoms with van der Waals surface area (Å²) < 4.78 is 49.5. The first kappa shape index (κ1) is 22.3. The number of aryl methyl sites for hydroxylation is 2. The van der Waals surface area contributed by atoms with Crippen LogP contribution in [0.1, 0.15) is 42.4 Å². The van der Waals surface area contributed by atoms with Gasteiger partial charge in [0.25, 0.3) is 0 Å². The summed E-state index contributed by atoms with van der Waals surface area (Å²) in [5, 5.41) is 16.3. The molecule has 1 unspecified atom stereocenters. The summed E-state index contributed by atoms with van der Waals surface area (Å²) in [6, 6.07) is 4.40. The molecule has 2 aromatic heterocycles. The molecule has 3 aromatic rings. The number of nitrogens with one attached hydrogen (secondary N) is 1. The summed E-state index contributed by atoms with van der Waals surface area (Å²) in [6.45, 7) is 4.63. The van der Waals surface area contributed by atoms with E-state index in [1.807, 2.05) is 13.1 Å². The van der Waals surface area contributed by atoms with E-state index in [-0.39, 0.29) is 11.6 Å². The molecule has 6 rings (SSSR count). The molecule has 0 radical (unpaired) electrons. The fraction of sp³-hybridized carbons (Fsp3) is 0.500. The van der Waals surface area contributed by atoms with Crippen molar-refractivity contribution in [1.29, 1.82) is 0 Å². The number of halogens is 3. The Labute approximate surface area is 200 Å². The van der Waals surface area contributed by atoms with Gasteiger partial charge in [-0.1, -0.05) is 0 Å². The van der Waals surface area contributed by atoms with E-state index in [0.717, 1.165) is 43.4 Å². The molecule has 1 aromatic carbocycles. The zero-order valence-corrected chi connectivity index (χ0v) is 19.3. The van der Waals surface area contributed by atoms with Crippen molar-refractivity contribution in [1.82, 2.24) is 25.0 Å². The molecule has 8 nitrogen and oxygen atoms in total. The minimum Gasteiger partial charge on any atom is -0.369 e. The second-order valence-electron chi connectivity index (χ2n) is 9.61. The topological polar surface area (TPSA) is 81.0 Å². The molecule has 2 bridgehead atoms. The molecule has 1 N–H and O–H groups in total. The van der Waals surface area contributed by atoms with E-state index in [9.17, 15) is 13.2 Å². The highest BCUT2D eigenvalue weighted by Crippen LogP contribution is 2.40. The number of anilines is 2. The van der Waals surface area contributed by atoms with Crippen molar-refractivity contribution >= 4 is 11.6 Å². The normalized spacial score (nSPS) is 25.9. The number of nitrogens with zero attached hydrogens (tertiary/aromatic N) is 6. The monoisotopic (exact) mass is 485 g/mol. The largest absolute Gasteiger partial charge is 0.369 e. The Balaban J connectivity index is 1.24. The minimum absolute atomic E-state index is 0.0827. The molecule has 184 valence electrons. The number of rotatable bonds is 4. The van der Waals surface area contributed by atoms with Crippen LogP contribution in [0.3, 0.4) is 0 Å². The summed E-state index contributed by atoms with van der Waals surface area (Å²) in [7, 11) is 0. The summed E-state index contributed by atoms with van der Waals surface area (Å²) in [4.78, 5) is 7.01. The maximum absolute atomic E-state index is 14.6. The maximum atomic E-state index is 14.6. The quantitative estimate of drug-likeness (QED) is 0.566. The first-order valence-electron chi connectivity index (χ1n) is 12.0. The van der Waals surface area contributed by atoms with Gasteiger partial charge in [-0.25, -0.2) is 17.9 Å². The highest BCUT2D eigenvalue weighted by molar-refractivity contribution is 5.46. The molecule has 0 amide bonds. The van der Waals surface area contributed by atoms with Gasteiger partial charge < -0.3 is 15.0 Å². The molecule has 3 aliphatic rings. The number of aromatic nitrogens is 5. The fourth-order valence-corrected chi connectivity index (χ4v) is 5.69. The van der Waals surface area contributed by atoms with Crippen molar-refractivity contribution in [2.75, 3.05) is 29.9 Å². The first-order chi connectivity index (χ1) is 17.0. The van der Waals surface area contributed by atoms with Gasteiger partial charge in [0.05, 0.1) is 17.6 Å². The van der Waals surface area contributed by atoms with E-state index in [0.29, 0.717) is 43.2 Å². The van der Waals surface area contributed by atoms with E-state index in [2.05, 4.69) is 36.6 Å². The van der Waals surface area contributed by atoms with Gasteiger partial charge >= 0.3 is 0 Å². The molecule has 35 heavy (non-hydrogen) atoms. The lowest BCUT2D eigenvalue weighted by atomic mass is 9.92. The third-order valence-electron chi connectivity index (χ3n) is 7.34. The third-order valence-corrected chi connectivity index (χ3v) is 7.34. The molecule has 0 spiro atoms. The van der Waals surface area contributed by atoms with Crippen molar-refractivity contribution in [3.63, 3.8) is 0 Å². The Morgan fingerprint density at radius 1 is 1.09 bits per heavy atom. The van der Waals surface area contributed by atoms with Crippen LogP contribution >= 0.6 is 0 Å². The first-order valence-corrected chi connectivity index (χ1v) is 12.0. The molecule has 1 saturated carbocycles. The van der Waals surface area contributed by atoms with Crippen molar-refractivity contribution < 1.29 is 17.9 Å². The van der Waals surface area contributed by atoms with Crippen LogP contribution in [0.15, 0.2) is 24.4 Å². The lowest BCUT2D eigenvalue weighted by Gasteiger charge is -2.39. The van der Waals surface area contributed by atoms with Gasteiger partial charge in [0, 0.05) is 37.8 Å². The van der Waals surface area contributed by atoms with Crippen molar-refractivity contribution in [3.8, 4) is 0 Å². The highest BCUT2D eigenvalue weighted by atomic mass is 19.2. The number of piperidine rings is 1. The van der Waals surface area contributed by atoms with E-state index >= 15 is 0 Å². The van der Waals surface area contributed by atoms with Gasteiger partial charge in [0.2, 0.25) is 5.95 Å². The van der Waals surface area contributed by atoms with Gasteiger partial charge in [-0.15, -0.1) is 5.10 Å². The lowest BCUT2D eigenvalue weighted by molar-refractivity contribution is 0.0780. The lowest BCUT2D eigenvalue weighted by Crippen LogP contribution is -2.48. The number of fused-ring (bicyclic) bond motifs is 3. The SMILES string of the molecule is Cc1cc(N2C[C@H]3CC[C@@H](C2)C3Nc2nc3n(n2)CCCO[C@@H]3c2ccc(F)c(F)c2F)cnn1. The third kappa shape index (κ3) is 4.01. The second-order valence-corrected chi connectivity index (χ2v) is 9.61. The molecular formula is C24H26F3N7O. The van der Waals surface area contributed by atoms with E-state index in [1.165, 1.54) is 6.07 Å². The molecule has 1 aliphatic carbocycles. The predicted molar refractivity (Wildman–Crippen MR) is 121 cm³/mol. The zero-order chi connectivity index (χ0) is 24.1. The Hall–Kier alpha value is -3.21. The van der Waals surface area contributed by atoms with Crippen LogP contribution in [0.25, 0.3) is 0 Å². The second kappa shape index (κ2) is 8.78. The van der Waals surface area contributed by atoms with E-state index in [4.69, 9.17) is 4.74 Å². The zero-order valence-electron chi connectivity index (χ0n) is 19.3. The highest BCUT2D eigenvalue weighted by Gasteiger charge is 2.43. The summed E-state index contributed by atoms with van der Waals surface area (Å²) >= 11 is 0. The Kier molecular flexibility index (Phi) is 5.58. The molecule has 4 heterocycles. The molecular weight excluding hydrogens is 459 g/mol. The molecule has 2 aliphatic heterocycles. The fourth-order valence-electron chi connectivity index (χ4n) is 5.69. The number of hydrogen-bond donors (Lipinski definition) is 1. The predicted octanol–water partition coefficient (Wildman–Crippen LogP) is 3.63. The van der Waals surface area contributed by atoms with Crippen molar-refractivity contribution in [2.24, 2.45) is 11.8 Å². The van der Waals surface area contributed by atoms with Gasteiger partial charge in [0.1, 0.15) is 6.10 Å². The van der Waals surface area contributed by atoms with Gasteiger partial charge in [-0.3, -0.25) is 0 Å². The van der Waals surface area contributed by atoms with Crippen LogP contribution in [0, 0.1) is 36.2 Å². The Morgan fingerprint density at radius 3 is 2.66 bits per heavy atom. The Bertz CT molecular complexity index is 1240. The average molecular weight is 486 g/mol. The molecule has 2 fully saturated rings. The summed E-state index contributed by atoms with van der Waals surface area (Å²) in [5.74, 6) is -2.33. The average Bonchev–Trinajstić information content (AvgIpc) is 3.25. The van der Waals surface area contributed by atoms with Crippen LogP contribution < -0.4 is 10.2 Å². The van der Waals surface area contributed by atoms with Crippen LogP contribution in [0.2, 0.25) is 0 Å². The standard InChI is InChI=1S/C24H26F3N7O/c1-13-9-16(10-28-31-13)33-11-14-3-4-15(12-33)21(14)29-24-30-23-22(35-8-2-7-34(23)32-24)17-5-6-18(25)20(27)19(17)26/h5-6,9-10,14-15,21-22H,2-4,7-8,11-12H2,1H3,(H,29,32)/t14-,15+,21?,22-/m1/s1. The Morgan fingerprint density at radius 2 is 1.89 bits per heavy atom. The molecule has 4 atom stereocenters. The van der Waals surface area contributed by atoms with Gasteiger partial charge in [0.15, 0.2) is 23.3 Å². The minimum atomic E-state index is -1.51. The van der Waals surface area contributed by atoms with Gasteiger partial charge in [-0.2, -0.15) is 15.2 Å². The smallest absolute Gasteiger partial charge is 0.242 e. The van der Waals surface area contributed by atoms with Crippen molar-refractivity contribution in [3.05, 3.63) is 58.9 Å².